The molecule has 1 aromatic heterocycles. The topological polar surface area (TPSA) is 12.9 Å². The summed E-state index contributed by atoms with van der Waals surface area (Å²) in [6.07, 6.45) is 2.15. The van der Waals surface area contributed by atoms with Crippen LogP contribution in [0.3, 0.4) is 0 Å². The summed E-state index contributed by atoms with van der Waals surface area (Å²) in [5, 5.41) is 1.26. The fraction of sp³-hybridized carbons (Fsp3) is 0.400. The van der Waals surface area contributed by atoms with Gasteiger partial charge in [0.2, 0.25) is 0 Å². The van der Waals surface area contributed by atoms with Gasteiger partial charge in [0.25, 0.3) is 0 Å². The Morgan fingerprint density at radius 3 is 2.62 bits per heavy atom. The minimum absolute atomic E-state index is 0.667. The molecule has 1 aromatic carbocycles. The smallest absolute Gasteiger partial charge is 0.0705 e. The number of fused-ring (bicyclic) bond motifs is 1. The molecular formula is C15H19N. The molecule has 0 atom stereocenters. The van der Waals surface area contributed by atoms with Crippen molar-refractivity contribution >= 4 is 10.9 Å². The number of benzene rings is 1. The van der Waals surface area contributed by atoms with Crippen molar-refractivity contribution in [3.8, 4) is 0 Å². The monoisotopic (exact) mass is 213 g/mol. The molecule has 0 bridgehead atoms. The number of nitrogens with zero attached hydrogens (tertiary/aromatic N) is 1. The van der Waals surface area contributed by atoms with Crippen molar-refractivity contribution in [1.29, 1.82) is 0 Å². The predicted molar refractivity (Wildman–Crippen MR) is 69.7 cm³/mol. The van der Waals surface area contributed by atoms with E-state index in [1.165, 1.54) is 16.6 Å². The average Bonchev–Trinajstić information content (AvgIpc) is 2.27. The molecule has 0 N–H and O–H groups in total. The van der Waals surface area contributed by atoms with Gasteiger partial charge in [-0.1, -0.05) is 32.9 Å². The van der Waals surface area contributed by atoms with Gasteiger partial charge < -0.3 is 0 Å². The molecule has 1 heteroatoms. The summed E-state index contributed by atoms with van der Waals surface area (Å²) >= 11 is 0. The van der Waals surface area contributed by atoms with Crippen LogP contribution in [0.4, 0.5) is 0 Å². The van der Waals surface area contributed by atoms with E-state index in [9.17, 15) is 0 Å². The molecule has 0 unspecified atom stereocenters. The number of aromatic nitrogens is 1. The first kappa shape index (κ1) is 11.1. The molecule has 2 aromatic rings. The Labute approximate surface area is 97.5 Å². The second kappa shape index (κ2) is 4.65. The molecule has 16 heavy (non-hydrogen) atoms. The predicted octanol–water partition coefficient (Wildman–Crippen LogP) is 4.00. The van der Waals surface area contributed by atoms with E-state index in [-0.39, 0.29) is 0 Å². The van der Waals surface area contributed by atoms with E-state index in [2.05, 4.69) is 51.1 Å². The maximum absolute atomic E-state index is 4.69. The Morgan fingerprint density at radius 1 is 1.12 bits per heavy atom. The van der Waals surface area contributed by atoms with Crippen molar-refractivity contribution in [1.82, 2.24) is 4.98 Å². The highest BCUT2D eigenvalue weighted by Gasteiger charge is 2.01. The molecule has 0 amide bonds. The Hall–Kier alpha value is -1.37. The van der Waals surface area contributed by atoms with E-state index in [4.69, 9.17) is 4.98 Å². The zero-order chi connectivity index (χ0) is 11.5. The SMILES string of the molecule is CCc1ccc2nc(CC(C)C)ccc2c1. The minimum Gasteiger partial charge on any atom is -0.253 e. The van der Waals surface area contributed by atoms with E-state index in [0.717, 1.165) is 18.4 Å². The van der Waals surface area contributed by atoms with Crippen molar-refractivity contribution in [2.75, 3.05) is 0 Å². The first-order valence-corrected chi connectivity index (χ1v) is 6.07. The summed E-state index contributed by atoms with van der Waals surface area (Å²) < 4.78 is 0. The lowest BCUT2D eigenvalue weighted by atomic mass is 10.1. The molecule has 0 aliphatic rings. The van der Waals surface area contributed by atoms with E-state index in [0.29, 0.717) is 5.92 Å². The third-order valence-electron chi connectivity index (χ3n) is 2.84. The number of pyridine rings is 1. The number of aryl methyl sites for hydroxylation is 1. The first-order valence-electron chi connectivity index (χ1n) is 6.07. The van der Waals surface area contributed by atoms with Gasteiger partial charge in [-0.2, -0.15) is 0 Å². The summed E-state index contributed by atoms with van der Waals surface area (Å²) in [6.45, 7) is 6.64. The standard InChI is InChI=1S/C15H19N/c1-4-12-5-8-15-13(10-12)6-7-14(16-15)9-11(2)3/h5-8,10-11H,4,9H2,1-3H3. The second-order valence-corrected chi connectivity index (χ2v) is 4.78. The van der Waals surface area contributed by atoms with Gasteiger partial charge in [0.1, 0.15) is 0 Å². The molecule has 2 rings (SSSR count). The summed E-state index contributed by atoms with van der Waals surface area (Å²) in [4.78, 5) is 4.69. The molecule has 0 fully saturated rings. The molecular weight excluding hydrogens is 194 g/mol. The second-order valence-electron chi connectivity index (χ2n) is 4.78. The Kier molecular flexibility index (Phi) is 3.23. The third-order valence-corrected chi connectivity index (χ3v) is 2.84. The van der Waals surface area contributed by atoms with Crippen LogP contribution in [-0.4, -0.2) is 4.98 Å². The fourth-order valence-corrected chi connectivity index (χ4v) is 1.97. The first-order chi connectivity index (χ1) is 7.69. The highest BCUT2D eigenvalue weighted by atomic mass is 14.7. The fourth-order valence-electron chi connectivity index (χ4n) is 1.97. The summed E-state index contributed by atoms with van der Waals surface area (Å²) in [6, 6.07) is 10.9. The molecule has 0 saturated carbocycles. The van der Waals surface area contributed by atoms with Crippen molar-refractivity contribution in [3.05, 3.63) is 41.6 Å². The Bertz CT molecular complexity index is 486. The number of hydrogen-bond donors (Lipinski definition) is 0. The van der Waals surface area contributed by atoms with E-state index in [1.54, 1.807) is 0 Å². The summed E-state index contributed by atoms with van der Waals surface area (Å²) in [5.41, 5.74) is 3.70. The van der Waals surface area contributed by atoms with Crippen molar-refractivity contribution in [2.24, 2.45) is 5.92 Å². The van der Waals surface area contributed by atoms with E-state index < -0.39 is 0 Å². The summed E-state index contributed by atoms with van der Waals surface area (Å²) in [5.74, 6) is 0.667. The molecule has 0 spiro atoms. The molecule has 1 heterocycles. The molecule has 0 saturated heterocycles. The minimum atomic E-state index is 0.667. The average molecular weight is 213 g/mol. The maximum atomic E-state index is 4.69. The van der Waals surface area contributed by atoms with Crippen LogP contribution in [0, 0.1) is 5.92 Å². The lowest BCUT2D eigenvalue weighted by Crippen LogP contribution is -1.97. The zero-order valence-corrected chi connectivity index (χ0v) is 10.3. The van der Waals surface area contributed by atoms with Gasteiger partial charge in [0.15, 0.2) is 0 Å². The highest BCUT2D eigenvalue weighted by Crippen LogP contribution is 2.16. The van der Waals surface area contributed by atoms with Gasteiger partial charge in [-0.15, -0.1) is 0 Å². The number of hydrogen-bond acceptors (Lipinski definition) is 1. The van der Waals surface area contributed by atoms with Crippen LogP contribution < -0.4 is 0 Å². The van der Waals surface area contributed by atoms with Gasteiger partial charge in [0.05, 0.1) is 5.52 Å². The van der Waals surface area contributed by atoms with Crippen molar-refractivity contribution < 1.29 is 0 Å². The van der Waals surface area contributed by atoms with Crippen LogP contribution in [0.2, 0.25) is 0 Å². The van der Waals surface area contributed by atoms with Crippen LogP contribution >= 0.6 is 0 Å². The van der Waals surface area contributed by atoms with Gasteiger partial charge in [-0.05, 0) is 42.5 Å². The van der Waals surface area contributed by atoms with Crippen LogP contribution in [0.1, 0.15) is 32.0 Å². The molecule has 0 aliphatic heterocycles. The normalized spacial score (nSPS) is 11.2. The number of rotatable bonds is 3. The molecule has 0 aliphatic carbocycles. The largest absolute Gasteiger partial charge is 0.253 e. The quantitative estimate of drug-likeness (QED) is 0.751. The highest BCUT2D eigenvalue weighted by molar-refractivity contribution is 5.79. The van der Waals surface area contributed by atoms with Gasteiger partial charge in [0, 0.05) is 11.1 Å². The van der Waals surface area contributed by atoms with Gasteiger partial charge in [-0.25, -0.2) is 0 Å². The zero-order valence-electron chi connectivity index (χ0n) is 10.3. The Balaban J connectivity index is 2.39. The van der Waals surface area contributed by atoms with Gasteiger partial charge in [-0.3, -0.25) is 4.98 Å². The molecule has 84 valence electrons. The van der Waals surface area contributed by atoms with Crippen LogP contribution in [0.15, 0.2) is 30.3 Å². The maximum Gasteiger partial charge on any atom is 0.0705 e. The van der Waals surface area contributed by atoms with Crippen molar-refractivity contribution in [2.45, 2.75) is 33.6 Å². The van der Waals surface area contributed by atoms with Crippen LogP contribution in [0.25, 0.3) is 10.9 Å². The lowest BCUT2D eigenvalue weighted by Gasteiger charge is -2.06. The van der Waals surface area contributed by atoms with E-state index in [1.807, 2.05) is 0 Å². The van der Waals surface area contributed by atoms with Crippen LogP contribution in [-0.2, 0) is 12.8 Å². The van der Waals surface area contributed by atoms with Crippen LogP contribution in [0.5, 0.6) is 0 Å². The molecule has 0 radical (unpaired) electrons. The summed E-state index contributed by atoms with van der Waals surface area (Å²) in [7, 11) is 0. The molecule has 1 nitrogen and oxygen atoms in total. The van der Waals surface area contributed by atoms with E-state index >= 15 is 0 Å². The van der Waals surface area contributed by atoms with Gasteiger partial charge >= 0.3 is 0 Å². The lowest BCUT2D eigenvalue weighted by molar-refractivity contribution is 0.637. The Morgan fingerprint density at radius 2 is 1.94 bits per heavy atom. The van der Waals surface area contributed by atoms with Crippen molar-refractivity contribution in [3.63, 3.8) is 0 Å². The third kappa shape index (κ3) is 2.41.